The molecule has 1 unspecified atom stereocenters. The molecular weight excluding hydrogens is 254 g/mol. The number of likely N-dealkylation sites (tertiary alicyclic amines) is 1. The molecule has 1 atom stereocenters. The quantitative estimate of drug-likeness (QED) is 0.594. The number of rotatable bonds is 7. The highest BCUT2D eigenvalue weighted by molar-refractivity contribution is 8.00. The Morgan fingerprint density at radius 3 is 2.78 bits per heavy atom. The van der Waals surface area contributed by atoms with Crippen LogP contribution >= 0.6 is 11.8 Å². The lowest BCUT2D eigenvalue weighted by Gasteiger charge is -2.14. The average molecular weight is 273 g/mol. The van der Waals surface area contributed by atoms with Crippen LogP contribution in [0, 0.1) is 0 Å². The highest BCUT2D eigenvalue weighted by Gasteiger charge is 2.38. The SMILES string of the molecule is CNCCN1C(=O)CC(SCCC(=O)NC)C1=O. The second-order valence-electron chi connectivity index (χ2n) is 3.97. The molecule has 1 aliphatic heterocycles. The van der Waals surface area contributed by atoms with Gasteiger partial charge in [0.25, 0.3) is 0 Å². The molecular formula is C11H19N3O3S. The Bertz CT molecular complexity index is 335. The summed E-state index contributed by atoms with van der Waals surface area (Å²) in [6.45, 7) is 1.02. The molecule has 1 aliphatic rings. The van der Waals surface area contributed by atoms with Crippen LogP contribution in [-0.4, -0.2) is 60.8 Å². The number of carbonyl (C=O) groups is 3. The van der Waals surface area contributed by atoms with Crippen molar-refractivity contribution in [2.75, 3.05) is 32.9 Å². The first-order chi connectivity index (χ1) is 8.60. The van der Waals surface area contributed by atoms with E-state index in [0.717, 1.165) is 0 Å². The molecule has 0 saturated carbocycles. The van der Waals surface area contributed by atoms with Crippen LogP contribution in [0.2, 0.25) is 0 Å². The van der Waals surface area contributed by atoms with Crippen LogP contribution in [0.1, 0.15) is 12.8 Å². The molecule has 7 heteroatoms. The van der Waals surface area contributed by atoms with Crippen molar-refractivity contribution in [2.24, 2.45) is 0 Å². The van der Waals surface area contributed by atoms with Crippen LogP contribution in [0.5, 0.6) is 0 Å². The molecule has 1 fully saturated rings. The first-order valence-corrected chi connectivity index (χ1v) is 6.96. The van der Waals surface area contributed by atoms with E-state index in [1.807, 2.05) is 0 Å². The van der Waals surface area contributed by atoms with Gasteiger partial charge >= 0.3 is 0 Å². The largest absolute Gasteiger partial charge is 0.359 e. The van der Waals surface area contributed by atoms with Gasteiger partial charge in [0, 0.05) is 38.7 Å². The molecule has 0 spiro atoms. The molecule has 6 nitrogen and oxygen atoms in total. The number of hydrogen-bond donors (Lipinski definition) is 2. The van der Waals surface area contributed by atoms with Gasteiger partial charge < -0.3 is 10.6 Å². The maximum Gasteiger partial charge on any atom is 0.242 e. The Kier molecular flexibility index (Phi) is 6.14. The van der Waals surface area contributed by atoms with Crippen molar-refractivity contribution in [3.63, 3.8) is 0 Å². The van der Waals surface area contributed by atoms with Crippen LogP contribution in [0.25, 0.3) is 0 Å². The van der Waals surface area contributed by atoms with Gasteiger partial charge in [-0.1, -0.05) is 0 Å². The number of amides is 3. The molecule has 0 aromatic rings. The summed E-state index contributed by atoms with van der Waals surface area (Å²) in [5.41, 5.74) is 0. The standard InChI is InChI=1S/C11H19N3O3S/c1-12-4-5-14-10(16)7-8(11(14)17)18-6-3-9(15)13-2/h8,12H,3-7H2,1-2H3,(H,13,15). The highest BCUT2D eigenvalue weighted by Crippen LogP contribution is 2.25. The molecule has 0 aliphatic carbocycles. The fourth-order valence-electron chi connectivity index (χ4n) is 1.66. The molecule has 3 amide bonds. The summed E-state index contributed by atoms with van der Waals surface area (Å²) in [6.07, 6.45) is 0.622. The summed E-state index contributed by atoms with van der Waals surface area (Å²) in [7, 11) is 3.36. The molecule has 0 aromatic carbocycles. The molecule has 0 radical (unpaired) electrons. The number of hydrogen-bond acceptors (Lipinski definition) is 5. The van der Waals surface area contributed by atoms with Crippen molar-refractivity contribution in [3.8, 4) is 0 Å². The highest BCUT2D eigenvalue weighted by atomic mass is 32.2. The van der Waals surface area contributed by atoms with Crippen molar-refractivity contribution in [1.29, 1.82) is 0 Å². The predicted octanol–water partition coefficient (Wildman–Crippen LogP) is -0.797. The van der Waals surface area contributed by atoms with Gasteiger partial charge in [0.05, 0.1) is 5.25 Å². The van der Waals surface area contributed by atoms with E-state index < -0.39 is 0 Å². The molecule has 2 N–H and O–H groups in total. The van der Waals surface area contributed by atoms with Crippen LogP contribution in [0.3, 0.4) is 0 Å². The van der Waals surface area contributed by atoms with Gasteiger partial charge in [-0.25, -0.2) is 0 Å². The molecule has 0 aromatic heterocycles. The molecule has 0 bridgehead atoms. The summed E-state index contributed by atoms with van der Waals surface area (Å²) in [5.74, 6) is 0.264. The minimum atomic E-state index is -0.320. The van der Waals surface area contributed by atoms with Crippen molar-refractivity contribution in [3.05, 3.63) is 0 Å². The summed E-state index contributed by atoms with van der Waals surface area (Å²) in [4.78, 5) is 35.9. The van der Waals surface area contributed by atoms with E-state index in [1.165, 1.54) is 16.7 Å². The van der Waals surface area contributed by atoms with E-state index in [2.05, 4.69) is 10.6 Å². The lowest BCUT2D eigenvalue weighted by atomic mass is 10.4. The van der Waals surface area contributed by atoms with Gasteiger partial charge in [-0.05, 0) is 7.05 Å². The Hall–Kier alpha value is -1.08. The van der Waals surface area contributed by atoms with E-state index in [0.29, 0.717) is 25.3 Å². The first-order valence-electron chi connectivity index (χ1n) is 5.91. The number of nitrogens with one attached hydrogen (secondary N) is 2. The van der Waals surface area contributed by atoms with E-state index in [9.17, 15) is 14.4 Å². The number of likely N-dealkylation sites (N-methyl/N-ethyl adjacent to an activating group) is 1. The number of carbonyl (C=O) groups excluding carboxylic acids is 3. The number of imide groups is 1. The van der Waals surface area contributed by atoms with Gasteiger partial charge in [-0.15, -0.1) is 11.8 Å². The summed E-state index contributed by atoms with van der Waals surface area (Å²) in [5, 5.41) is 5.11. The lowest BCUT2D eigenvalue weighted by Crippen LogP contribution is -2.36. The smallest absolute Gasteiger partial charge is 0.242 e. The predicted molar refractivity (Wildman–Crippen MR) is 70.2 cm³/mol. The first kappa shape index (κ1) is 15.0. The minimum Gasteiger partial charge on any atom is -0.359 e. The van der Waals surface area contributed by atoms with Crippen molar-refractivity contribution >= 4 is 29.5 Å². The zero-order valence-electron chi connectivity index (χ0n) is 10.7. The maximum atomic E-state index is 11.9. The van der Waals surface area contributed by atoms with Crippen LogP contribution in [0.4, 0.5) is 0 Å². The summed E-state index contributed by atoms with van der Waals surface area (Å²) < 4.78 is 0. The van der Waals surface area contributed by atoms with E-state index in [1.54, 1.807) is 14.1 Å². The second kappa shape index (κ2) is 7.38. The Morgan fingerprint density at radius 2 is 2.17 bits per heavy atom. The Balaban J connectivity index is 2.38. The summed E-state index contributed by atoms with van der Waals surface area (Å²) in [6, 6.07) is 0. The van der Waals surface area contributed by atoms with Crippen LogP contribution in [0.15, 0.2) is 0 Å². The molecule has 1 saturated heterocycles. The Morgan fingerprint density at radius 1 is 1.44 bits per heavy atom. The number of nitrogens with zero attached hydrogens (tertiary/aromatic N) is 1. The van der Waals surface area contributed by atoms with Gasteiger partial charge in [0.1, 0.15) is 0 Å². The van der Waals surface area contributed by atoms with Gasteiger partial charge in [0.2, 0.25) is 17.7 Å². The van der Waals surface area contributed by atoms with Crippen molar-refractivity contribution in [1.82, 2.24) is 15.5 Å². The topological polar surface area (TPSA) is 78.5 Å². The van der Waals surface area contributed by atoms with Gasteiger partial charge in [0.15, 0.2) is 0 Å². The van der Waals surface area contributed by atoms with Crippen LogP contribution < -0.4 is 10.6 Å². The van der Waals surface area contributed by atoms with Crippen molar-refractivity contribution in [2.45, 2.75) is 18.1 Å². The van der Waals surface area contributed by atoms with E-state index in [-0.39, 0.29) is 29.4 Å². The number of thioether (sulfide) groups is 1. The van der Waals surface area contributed by atoms with Crippen LogP contribution in [-0.2, 0) is 14.4 Å². The Labute approximate surface area is 111 Å². The van der Waals surface area contributed by atoms with E-state index in [4.69, 9.17) is 0 Å². The second-order valence-corrected chi connectivity index (χ2v) is 5.28. The third kappa shape index (κ3) is 3.99. The minimum absolute atomic E-state index is 0.0497. The van der Waals surface area contributed by atoms with Gasteiger partial charge in [-0.3, -0.25) is 19.3 Å². The fourth-order valence-corrected chi connectivity index (χ4v) is 2.78. The molecule has 1 rings (SSSR count). The zero-order valence-corrected chi connectivity index (χ0v) is 11.5. The van der Waals surface area contributed by atoms with Gasteiger partial charge in [-0.2, -0.15) is 0 Å². The fraction of sp³-hybridized carbons (Fsp3) is 0.727. The third-order valence-corrected chi connectivity index (χ3v) is 3.93. The zero-order chi connectivity index (χ0) is 13.5. The molecule has 102 valence electrons. The molecule has 18 heavy (non-hydrogen) atoms. The lowest BCUT2D eigenvalue weighted by molar-refractivity contribution is -0.138. The molecule has 1 heterocycles. The van der Waals surface area contributed by atoms with Crippen molar-refractivity contribution < 1.29 is 14.4 Å². The maximum absolute atomic E-state index is 11.9. The average Bonchev–Trinajstić information content (AvgIpc) is 2.62. The summed E-state index contributed by atoms with van der Waals surface area (Å²) >= 11 is 1.38. The third-order valence-electron chi connectivity index (χ3n) is 2.71. The van der Waals surface area contributed by atoms with E-state index >= 15 is 0 Å². The monoisotopic (exact) mass is 273 g/mol. The normalized spacial score (nSPS) is 19.4.